The maximum Gasteiger partial charge on any atom is 0.328 e. The van der Waals surface area contributed by atoms with Crippen LogP contribution in [0, 0.1) is 0 Å². The van der Waals surface area contributed by atoms with Crippen LogP contribution in [0.25, 0.3) is 0 Å². The van der Waals surface area contributed by atoms with Gasteiger partial charge in [0.05, 0.1) is 12.6 Å². The van der Waals surface area contributed by atoms with E-state index in [1.54, 1.807) is 19.3 Å². The number of aromatic nitrogens is 2. The van der Waals surface area contributed by atoms with Crippen molar-refractivity contribution in [2.45, 2.75) is 19.0 Å². The summed E-state index contributed by atoms with van der Waals surface area (Å²) in [5.74, 6) is -0.746. The highest BCUT2D eigenvalue weighted by Crippen LogP contribution is 2.04. The molecule has 2 amide bonds. The van der Waals surface area contributed by atoms with Crippen molar-refractivity contribution in [3.63, 3.8) is 0 Å². The SMILES string of the molecule is CC(NC(=O)N[C@H](CO)C(=O)O)c1ncc[nH]1. The molecule has 1 rings (SSSR count). The molecule has 2 atom stereocenters. The zero-order valence-electron chi connectivity index (χ0n) is 9.17. The number of carboxylic acids is 1. The number of carbonyl (C=O) groups excluding carboxylic acids is 1. The quantitative estimate of drug-likeness (QED) is 0.462. The van der Waals surface area contributed by atoms with Gasteiger partial charge in [-0.3, -0.25) is 0 Å². The summed E-state index contributed by atoms with van der Waals surface area (Å²) in [7, 11) is 0. The van der Waals surface area contributed by atoms with Crippen molar-refractivity contribution in [2.24, 2.45) is 0 Å². The van der Waals surface area contributed by atoms with E-state index < -0.39 is 30.7 Å². The molecule has 94 valence electrons. The second kappa shape index (κ2) is 5.85. The zero-order chi connectivity index (χ0) is 12.8. The molecule has 8 heteroatoms. The zero-order valence-corrected chi connectivity index (χ0v) is 9.17. The number of aliphatic carboxylic acids is 1. The third-order valence-corrected chi connectivity index (χ3v) is 2.06. The predicted octanol–water partition coefficient (Wildman–Crippen LogP) is -0.785. The Morgan fingerprint density at radius 1 is 1.53 bits per heavy atom. The highest BCUT2D eigenvalue weighted by atomic mass is 16.4. The average molecular weight is 242 g/mol. The van der Waals surface area contributed by atoms with Crippen LogP contribution in [0.3, 0.4) is 0 Å². The van der Waals surface area contributed by atoms with Gasteiger partial charge in [0.15, 0.2) is 6.04 Å². The Morgan fingerprint density at radius 3 is 2.71 bits per heavy atom. The standard InChI is InChI=1S/C9H14N4O4/c1-5(7-10-2-3-11-7)12-9(17)13-6(4-14)8(15)16/h2-3,5-6,14H,4H2,1H3,(H,10,11)(H,15,16)(H2,12,13,17)/t5?,6-/m1/s1. The van der Waals surface area contributed by atoms with E-state index in [1.807, 2.05) is 0 Å². The smallest absolute Gasteiger partial charge is 0.328 e. The second-order valence-corrected chi connectivity index (χ2v) is 3.39. The van der Waals surface area contributed by atoms with Crippen LogP contribution in [0.15, 0.2) is 12.4 Å². The van der Waals surface area contributed by atoms with Crippen molar-refractivity contribution in [3.05, 3.63) is 18.2 Å². The van der Waals surface area contributed by atoms with Crippen LogP contribution in [0.2, 0.25) is 0 Å². The van der Waals surface area contributed by atoms with E-state index >= 15 is 0 Å². The Bertz CT molecular complexity index is 378. The molecule has 0 radical (unpaired) electrons. The first-order chi connectivity index (χ1) is 8.04. The molecule has 0 aliphatic carbocycles. The molecular weight excluding hydrogens is 228 g/mol. The molecule has 5 N–H and O–H groups in total. The molecule has 0 saturated carbocycles. The predicted molar refractivity (Wildman–Crippen MR) is 57.2 cm³/mol. The van der Waals surface area contributed by atoms with Gasteiger partial charge in [-0.1, -0.05) is 0 Å². The van der Waals surface area contributed by atoms with Crippen LogP contribution in [-0.2, 0) is 4.79 Å². The molecule has 8 nitrogen and oxygen atoms in total. The van der Waals surface area contributed by atoms with Gasteiger partial charge in [0.1, 0.15) is 5.82 Å². The fourth-order valence-corrected chi connectivity index (χ4v) is 1.16. The molecule has 1 unspecified atom stereocenters. The largest absolute Gasteiger partial charge is 0.480 e. The minimum atomic E-state index is -1.32. The molecule has 0 aliphatic rings. The molecule has 1 heterocycles. The number of amides is 2. The van der Waals surface area contributed by atoms with E-state index in [1.165, 1.54) is 0 Å². The minimum absolute atomic E-state index is 0.391. The van der Waals surface area contributed by atoms with Crippen LogP contribution < -0.4 is 10.6 Å². The Labute approximate surface area is 97.1 Å². The number of aromatic amines is 1. The Morgan fingerprint density at radius 2 is 2.24 bits per heavy atom. The number of H-pyrrole nitrogens is 1. The van der Waals surface area contributed by atoms with Crippen LogP contribution in [0.4, 0.5) is 4.79 Å². The van der Waals surface area contributed by atoms with E-state index in [0.717, 1.165) is 0 Å². The lowest BCUT2D eigenvalue weighted by atomic mass is 10.3. The van der Waals surface area contributed by atoms with Gasteiger partial charge in [0.2, 0.25) is 0 Å². The normalized spacial score (nSPS) is 13.8. The summed E-state index contributed by atoms with van der Waals surface area (Å²) in [6, 6.07) is -2.40. The summed E-state index contributed by atoms with van der Waals surface area (Å²) >= 11 is 0. The molecular formula is C9H14N4O4. The van der Waals surface area contributed by atoms with Gasteiger partial charge in [0, 0.05) is 12.4 Å². The van der Waals surface area contributed by atoms with E-state index in [-0.39, 0.29) is 0 Å². The van der Waals surface area contributed by atoms with Gasteiger partial charge in [-0.2, -0.15) is 0 Å². The number of aliphatic hydroxyl groups is 1. The molecule has 1 aromatic heterocycles. The number of carbonyl (C=O) groups is 2. The Balaban J connectivity index is 2.47. The van der Waals surface area contributed by atoms with Gasteiger partial charge in [0.25, 0.3) is 0 Å². The number of nitrogens with one attached hydrogen (secondary N) is 3. The van der Waals surface area contributed by atoms with Gasteiger partial charge >= 0.3 is 12.0 Å². The number of aliphatic hydroxyl groups excluding tert-OH is 1. The third-order valence-electron chi connectivity index (χ3n) is 2.06. The molecule has 0 aliphatic heterocycles. The highest BCUT2D eigenvalue weighted by molar-refractivity contribution is 5.82. The van der Waals surface area contributed by atoms with Crippen molar-refractivity contribution in [3.8, 4) is 0 Å². The first kappa shape index (κ1) is 13.0. The van der Waals surface area contributed by atoms with Crippen molar-refractivity contribution in [1.82, 2.24) is 20.6 Å². The molecule has 0 spiro atoms. The molecule has 0 bridgehead atoms. The van der Waals surface area contributed by atoms with Gasteiger partial charge < -0.3 is 25.8 Å². The van der Waals surface area contributed by atoms with Gasteiger partial charge in [-0.15, -0.1) is 0 Å². The van der Waals surface area contributed by atoms with E-state index in [2.05, 4.69) is 20.6 Å². The fourth-order valence-electron chi connectivity index (χ4n) is 1.16. The third kappa shape index (κ3) is 3.76. The first-order valence-corrected chi connectivity index (χ1v) is 4.94. The van der Waals surface area contributed by atoms with Crippen molar-refractivity contribution >= 4 is 12.0 Å². The van der Waals surface area contributed by atoms with Crippen LogP contribution in [-0.4, -0.2) is 44.8 Å². The van der Waals surface area contributed by atoms with E-state index in [4.69, 9.17) is 10.2 Å². The number of urea groups is 1. The molecule has 0 aromatic carbocycles. The lowest BCUT2D eigenvalue weighted by Crippen LogP contribution is -2.48. The van der Waals surface area contributed by atoms with Crippen molar-refractivity contribution in [2.75, 3.05) is 6.61 Å². The summed E-state index contributed by atoms with van der Waals surface area (Å²) in [4.78, 5) is 28.7. The second-order valence-electron chi connectivity index (χ2n) is 3.39. The summed E-state index contributed by atoms with van der Waals surface area (Å²) in [6.07, 6.45) is 3.15. The van der Waals surface area contributed by atoms with Crippen LogP contribution in [0.1, 0.15) is 18.8 Å². The lowest BCUT2D eigenvalue weighted by molar-refractivity contribution is -0.140. The monoisotopic (exact) mass is 242 g/mol. The topological polar surface area (TPSA) is 127 Å². The molecule has 1 aromatic rings. The average Bonchev–Trinajstić information content (AvgIpc) is 2.78. The number of rotatable bonds is 5. The number of nitrogens with zero attached hydrogens (tertiary/aromatic N) is 1. The number of hydrogen-bond acceptors (Lipinski definition) is 4. The molecule has 17 heavy (non-hydrogen) atoms. The summed E-state index contributed by atoms with van der Waals surface area (Å²) < 4.78 is 0. The Hall–Kier alpha value is -2.09. The molecule has 0 saturated heterocycles. The maximum atomic E-state index is 11.4. The van der Waals surface area contributed by atoms with E-state index in [9.17, 15) is 9.59 Å². The van der Waals surface area contributed by atoms with Crippen LogP contribution >= 0.6 is 0 Å². The number of imidazole rings is 1. The highest BCUT2D eigenvalue weighted by Gasteiger charge is 2.20. The first-order valence-electron chi connectivity index (χ1n) is 4.94. The lowest BCUT2D eigenvalue weighted by Gasteiger charge is -2.15. The van der Waals surface area contributed by atoms with Crippen molar-refractivity contribution in [1.29, 1.82) is 0 Å². The van der Waals surface area contributed by atoms with Crippen LogP contribution in [0.5, 0.6) is 0 Å². The van der Waals surface area contributed by atoms with Crippen molar-refractivity contribution < 1.29 is 19.8 Å². The molecule has 0 fully saturated rings. The Kier molecular flexibility index (Phi) is 4.46. The minimum Gasteiger partial charge on any atom is -0.480 e. The summed E-state index contributed by atoms with van der Waals surface area (Å²) in [5.41, 5.74) is 0. The fraction of sp³-hybridized carbons (Fsp3) is 0.444. The van der Waals surface area contributed by atoms with Gasteiger partial charge in [-0.25, -0.2) is 14.6 Å². The van der Waals surface area contributed by atoms with E-state index in [0.29, 0.717) is 5.82 Å². The maximum absolute atomic E-state index is 11.4. The summed E-state index contributed by atoms with van der Waals surface area (Å²) in [6.45, 7) is 1.02. The number of carboxylic acid groups (broad SMARTS) is 1. The van der Waals surface area contributed by atoms with Gasteiger partial charge in [-0.05, 0) is 6.92 Å². The summed E-state index contributed by atoms with van der Waals surface area (Å²) in [5, 5.41) is 21.9. The number of hydrogen-bond donors (Lipinski definition) is 5.